The van der Waals surface area contributed by atoms with Crippen LogP contribution >= 0.6 is 0 Å². The maximum absolute atomic E-state index is 12.2. The van der Waals surface area contributed by atoms with Crippen LogP contribution in [0.4, 0.5) is 5.69 Å². The summed E-state index contributed by atoms with van der Waals surface area (Å²) in [6.07, 6.45) is 0. The first-order valence-electron chi connectivity index (χ1n) is 6.46. The van der Waals surface area contributed by atoms with Gasteiger partial charge in [-0.05, 0) is 18.2 Å². The molecule has 0 aliphatic heterocycles. The summed E-state index contributed by atoms with van der Waals surface area (Å²) in [4.78, 5) is 22.8. The van der Waals surface area contributed by atoms with Crippen LogP contribution in [0.15, 0.2) is 57.7 Å². The fourth-order valence-electron chi connectivity index (χ4n) is 2.24. The molecule has 0 saturated heterocycles. The van der Waals surface area contributed by atoms with Gasteiger partial charge in [0.15, 0.2) is 5.43 Å². The van der Waals surface area contributed by atoms with Crippen LogP contribution in [0.3, 0.4) is 0 Å². The molecule has 0 spiro atoms. The second-order valence-corrected chi connectivity index (χ2v) is 4.61. The largest absolute Gasteiger partial charge is 0.497 e. The van der Waals surface area contributed by atoms with Gasteiger partial charge in [-0.25, -0.2) is 0 Å². The molecular weight excluding hydrogens is 286 g/mol. The van der Waals surface area contributed by atoms with Gasteiger partial charge >= 0.3 is 0 Å². The van der Waals surface area contributed by atoms with Crippen molar-refractivity contribution in [2.45, 2.75) is 0 Å². The second-order valence-electron chi connectivity index (χ2n) is 4.61. The molecule has 22 heavy (non-hydrogen) atoms. The smallest absolute Gasteiger partial charge is 0.280 e. The van der Waals surface area contributed by atoms with Crippen molar-refractivity contribution in [3.05, 3.63) is 68.9 Å². The van der Waals surface area contributed by atoms with Crippen LogP contribution in [0.2, 0.25) is 0 Å². The van der Waals surface area contributed by atoms with Gasteiger partial charge in [0.05, 0.1) is 23.0 Å². The predicted molar refractivity (Wildman–Crippen MR) is 81.1 cm³/mol. The normalized spacial score (nSPS) is 10.6. The van der Waals surface area contributed by atoms with Crippen molar-refractivity contribution in [2.24, 2.45) is 0 Å². The van der Waals surface area contributed by atoms with Crippen LogP contribution in [0.1, 0.15) is 0 Å². The number of nitro benzene ring substituents is 1. The number of nitro groups is 1. The van der Waals surface area contributed by atoms with Gasteiger partial charge in [-0.15, -0.1) is 0 Å². The third-order valence-corrected chi connectivity index (χ3v) is 3.30. The number of benzene rings is 2. The molecule has 0 bridgehead atoms. The fraction of sp³-hybridized carbons (Fsp3) is 0.0625. The van der Waals surface area contributed by atoms with E-state index in [1.807, 2.05) is 0 Å². The molecule has 0 amide bonds. The molecule has 3 rings (SSSR count). The van der Waals surface area contributed by atoms with E-state index in [4.69, 9.17) is 9.15 Å². The van der Waals surface area contributed by atoms with E-state index in [-0.39, 0.29) is 22.4 Å². The van der Waals surface area contributed by atoms with E-state index in [2.05, 4.69) is 0 Å². The van der Waals surface area contributed by atoms with Crippen LogP contribution in [0.25, 0.3) is 22.3 Å². The predicted octanol–water partition coefficient (Wildman–Crippen LogP) is 3.38. The minimum atomic E-state index is -0.509. The summed E-state index contributed by atoms with van der Waals surface area (Å²) < 4.78 is 10.8. The molecular formula is C16H11NO5. The van der Waals surface area contributed by atoms with Crippen molar-refractivity contribution in [1.29, 1.82) is 0 Å². The van der Waals surface area contributed by atoms with Crippen molar-refractivity contribution in [3.63, 3.8) is 0 Å². The summed E-state index contributed by atoms with van der Waals surface area (Å²) in [6, 6.07) is 12.2. The number of ether oxygens (including phenoxy) is 1. The second kappa shape index (κ2) is 5.33. The lowest BCUT2D eigenvalue weighted by atomic mass is 10.1. The molecule has 3 aromatic rings. The number of para-hydroxylation sites is 1. The summed E-state index contributed by atoms with van der Waals surface area (Å²) in [7, 11) is 1.51. The van der Waals surface area contributed by atoms with E-state index in [1.54, 1.807) is 36.4 Å². The van der Waals surface area contributed by atoms with E-state index in [0.29, 0.717) is 16.7 Å². The molecule has 0 atom stereocenters. The van der Waals surface area contributed by atoms with E-state index in [0.717, 1.165) is 0 Å². The summed E-state index contributed by atoms with van der Waals surface area (Å²) >= 11 is 0. The fourth-order valence-corrected chi connectivity index (χ4v) is 2.24. The molecule has 0 saturated carbocycles. The van der Waals surface area contributed by atoms with Crippen LogP contribution < -0.4 is 10.2 Å². The molecule has 0 unspecified atom stereocenters. The molecule has 6 nitrogen and oxygen atoms in total. The van der Waals surface area contributed by atoms with Gasteiger partial charge < -0.3 is 9.15 Å². The summed E-state index contributed by atoms with van der Waals surface area (Å²) in [6.45, 7) is 0. The van der Waals surface area contributed by atoms with Crippen LogP contribution in [0.5, 0.6) is 5.75 Å². The highest BCUT2D eigenvalue weighted by Crippen LogP contribution is 2.31. The highest BCUT2D eigenvalue weighted by molar-refractivity contribution is 5.81. The maximum Gasteiger partial charge on any atom is 0.280 e. The van der Waals surface area contributed by atoms with Gasteiger partial charge in [0.25, 0.3) is 5.69 Å². The van der Waals surface area contributed by atoms with Gasteiger partial charge in [-0.2, -0.15) is 0 Å². The molecule has 0 fully saturated rings. The van der Waals surface area contributed by atoms with E-state index in [1.165, 1.54) is 19.2 Å². The van der Waals surface area contributed by atoms with Crippen LogP contribution in [-0.4, -0.2) is 12.0 Å². The first kappa shape index (κ1) is 13.8. The lowest BCUT2D eigenvalue weighted by molar-refractivity contribution is -0.384. The summed E-state index contributed by atoms with van der Waals surface area (Å²) in [5, 5.41) is 11.5. The van der Waals surface area contributed by atoms with E-state index < -0.39 is 4.92 Å². The minimum Gasteiger partial charge on any atom is -0.497 e. The Morgan fingerprint density at radius 3 is 2.64 bits per heavy atom. The van der Waals surface area contributed by atoms with Gasteiger partial charge in [-0.1, -0.05) is 12.1 Å². The van der Waals surface area contributed by atoms with Gasteiger partial charge in [0, 0.05) is 18.2 Å². The van der Waals surface area contributed by atoms with Crippen molar-refractivity contribution in [2.75, 3.05) is 7.11 Å². The van der Waals surface area contributed by atoms with Crippen LogP contribution in [0, 0.1) is 10.1 Å². The lowest BCUT2D eigenvalue weighted by Crippen LogP contribution is -2.01. The Hall–Kier alpha value is -3.15. The Morgan fingerprint density at radius 1 is 1.14 bits per heavy atom. The number of fused-ring (bicyclic) bond motifs is 1. The van der Waals surface area contributed by atoms with E-state index >= 15 is 0 Å². The van der Waals surface area contributed by atoms with Crippen molar-refractivity contribution >= 4 is 16.7 Å². The Balaban J connectivity index is 2.28. The zero-order valence-corrected chi connectivity index (χ0v) is 11.6. The topological polar surface area (TPSA) is 82.6 Å². The highest BCUT2D eigenvalue weighted by atomic mass is 16.6. The zero-order chi connectivity index (χ0) is 15.7. The quantitative estimate of drug-likeness (QED) is 0.546. The first-order valence-corrected chi connectivity index (χ1v) is 6.46. The Kier molecular flexibility index (Phi) is 3.34. The van der Waals surface area contributed by atoms with Crippen molar-refractivity contribution < 1.29 is 14.1 Å². The Labute approximate surface area is 124 Å². The Bertz CT molecular complexity index is 929. The number of rotatable bonds is 3. The average Bonchev–Trinajstić information content (AvgIpc) is 2.54. The molecule has 0 radical (unpaired) electrons. The maximum atomic E-state index is 12.2. The average molecular weight is 297 g/mol. The highest BCUT2D eigenvalue weighted by Gasteiger charge is 2.17. The van der Waals surface area contributed by atoms with Crippen molar-refractivity contribution in [1.82, 2.24) is 0 Å². The molecule has 0 aliphatic rings. The Morgan fingerprint density at radius 2 is 1.91 bits per heavy atom. The third kappa shape index (κ3) is 2.31. The summed E-state index contributed by atoms with van der Waals surface area (Å²) in [5.74, 6) is 0.688. The van der Waals surface area contributed by atoms with Crippen molar-refractivity contribution in [3.8, 4) is 17.1 Å². The molecule has 6 heteroatoms. The number of hydrogen-bond donors (Lipinski definition) is 0. The SMILES string of the molecule is COc1ccc2c(=O)cc(-c3ccccc3[N+](=O)[O-])oc2c1. The van der Waals surface area contributed by atoms with Gasteiger partial charge in [0.1, 0.15) is 17.1 Å². The van der Waals surface area contributed by atoms with Gasteiger partial charge in [0.2, 0.25) is 0 Å². The molecule has 0 N–H and O–H groups in total. The zero-order valence-electron chi connectivity index (χ0n) is 11.6. The standard InChI is InChI=1S/C16H11NO5/c1-21-10-6-7-12-14(18)9-16(22-15(12)8-10)11-4-2-3-5-13(11)17(19)20/h2-9H,1H3. The molecule has 2 aromatic carbocycles. The lowest BCUT2D eigenvalue weighted by Gasteiger charge is -2.05. The third-order valence-electron chi connectivity index (χ3n) is 3.30. The number of methoxy groups -OCH3 is 1. The van der Waals surface area contributed by atoms with Gasteiger partial charge in [-0.3, -0.25) is 14.9 Å². The molecule has 1 aromatic heterocycles. The number of hydrogen-bond acceptors (Lipinski definition) is 5. The monoisotopic (exact) mass is 297 g/mol. The number of nitrogens with zero attached hydrogens (tertiary/aromatic N) is 1. The molecule has 110 valence electrons. The van der Waals surface area contributed by atoms with E-state index in [9.17, 15) is 14.9 Å². The molecule has 1 heterocycles. The van der Waals surface area contributed by atoms with Crippen LogP contribution in [-0.2, 0) is 0 Å². The first-order chi connectivity index (χ1) is 10.6. The summed E-state index contributed by atoms with van der Waals surface area (Å²) in [5.41, 5.74) is 0.194. The minimum absolute atomic E-state index is 0.118. The molecule has 0 aliphatic carbocycles.